The number of nitrogens with zero attached hydrogens (tertiary/aromatic N) is 1. The second-order valence-electron chi connectivity index (χ2n) is 5.14. The normalized spacial score (nSPS) is 15.7. The van der Waals surface area contributed by atoms with Gasteiger partial charge in [0.2, 0.25) is 11.8 Å². The van der Waals surface area contributed by atoms with Gasteiger partial charge < -0.3 is 10.6 Å². The molecule has 0 heterocycles. The van der Waals surface area contributed by atoms with Crippen LogP contribution in [0.15, 0.2) is 24.3 Å². The number of benzene rings is 1. The number of primary amides is 1. The fraction of sp³-hybridized carbons (Fsp3) is 0.467. The number of rotatable bonds is 6. The van der Waals surface area contributed by atoms with Gasteiger partial charge in [0.1, 0.15) is 0 Å². The van der Waals surface area contributed by atoms with Gasteiger partial charge >= 0.3 is 0 Å². The lowest BCUT2D eigenvalue weighted by Crippen LogP contribution is -2.37. The molecule has 1 aromatic carbocycles. The number of carbonyl (C=O) groups excluding carboxylic acids is 2. The van der Waals surface area contributed by atoms with Crippen LogP contribution in [0.2, 0.25) is 0 Å². The fourth-order valence-electron chi connectivity index (χ4n) is 2.08. The van der Waals surface area contributed by atoms with Crippen LogP contribution < -0.4 is 5.73 Å². The summed E-state index contributed by atoms with van der Waals surface area (Å²) in [7, 11) is 0. The maximum absolute atomic E-state index is 12.4. The van der Waals surface area contributed by atoms with E-state index in [0.717, 1.165) is 18.4 Å². The standard InChI is InChI=1S/C15H20N2O2S/c1-10(20-2)15(19)17(13-7-8-13)9-11-3-5-12(6-4-11)14(16)18/h3-6,10,13H,7-9H2,1-2H3,(H2,16,18)/t10-/m1/s1. The molecule has 20 heavy (non-hydrogen) atoms. The Morgan fingerprint density at radius 1 is 1.35 bits per heavy atom. The van der Waals surface area contributed by atoms with E-state index in [1.165, 1.54) is 0 Å². The maximum Gasteiger partial charge on any atom is 0.248 e. The minimum atomic E-state index is -0.428. The van der Waals surface area contributed by atoms with Crippen molar-refractivity contribution in [3.8, 4) is 0 Å². The van der Waals surface area contributed by atoms with Crippen LogP contribution in [-0.4, -0.2) is 34.3 Å². The molecule has 5 heteroatoms. The van der Waals surface area contributed by atoms with Crippen LogP contribution in [0.4, 0.5) is 0 Å². The molecule has 1 fully saturated rings. The van der Waals surface area contributed by atoms with Gasteiger partial charge in [0.25, 0.3) is 0 Å². The largest absolute Gasteiger partial charge is 0.366 e. The lowest BCUT2D eigenvalue weighted by Gasteiger charge is -2.25. The predicted octanol–water partition coefficient (Wildman–Crippen LogP) is 2.03. The molecule has 0 bridgehead atoms. The van der Waals surface area contributed by atoms with Crippen LogP contribution >= 0.6 is 11.8 Å². The highest BCUT2D eigenvalue weighted by molar-refractivity contribution is 7.99. The Labute approximate surface area is 123 Å². The fourth-order valence-corrected chi connectivity index (χ4v) is 2.42. The summed E-state index contributed by atoms with van der Waals surface area (Å²) in [6.07, 6.45) is 4.13. The third-order valence-electron chi connectivity index (χ3n) is 3.56. The van der Waals surface area contributed by atoms with Crippen molar-refractivity contribution in [3.63, 3.8) is 0 Å². The van der Waals surface area contributed by atoms with Crippen LogP contribution in [0.1, 0.15) is 35.7 Å². The summed E-state index contributed by atoms with van der Waals surface area (Å²) < 4.78 is 0. The molecule has 1 aromatic rings. The third kappa shape index (κ3) is 3.54. The van der Waals surface area contributed by atoms with Gasteiger partial charge in [-0.25, -0.2) is 0 Å². The molecule has 2 rings (SSSR count). The quantitative estimate of drug-likeness (QED) is 0.872. The van der Waals surface area contributed by atoms with Crippen molar-refractivity contribution in [2.75, 3.05) is 6.26 Å². The minimum Gasteiger partial charge on any atom is -0.366 e. The first-order valence-corrected chi connectivity index (χ1v) is 8.03. The molecular formula is C15H20N2O2S. The number of hydrogen-bond acceptors (Lipinski definition) is 3. The van der Waals surface area contributed by atoms with Crippen LogP contribution in [0.3, 0.4) is 0 Å². The van der Waals surface area contributed by atoms with Crippen molar-refractivity contribution in [1.29, 1.82) is 0 Å². The molecule has 0 radical (unpaired) electrons. The maximum atomic E-state index is 12.4. The Bertz CT molecular complexity index is 497. The molecule has 1 aliphatic rings. The van der Waals surface area contributed by atoms with Gasteiger partial charge in [-0.2, -0.15) is 11.8 Å². The SMILES string of the molecule is CS[C@H](C)C(=O)N(Cc1ccc(C(N)=O)cc1)C1CC1. The molecule has 108 valence electrons. The molecule has 0 spiro atoms. The molecule has 1 atom stereocenters. The lowest BCUT2D eigenvalue weighted by atomic mass is 10.1. The second-order valence-corrected chi connectivity index (χ2v) is 6.31. The van der Waals surface area contributed by atoms with E-state index in [1.807, 2.05) is 30.2 Å². The third-order valence-corrected chi connectivity index (χ3v) is 4.47. The molecule has 1 aliphatic carbocycles. The summed E-state index contributed by atoms with van der Waals surface area (Å²) >= 11 is 1.57. The first-order valence-electron chi connectivity index (χ1n) is 6.75. The number of nitrogens with two attached hydrogens (primary N) is 1. The van der Waals surface area contributed by atoms with Gasteiger partial charge in [-0.1, -0.05) is 12.1 Å². The first kappa shape index (κ1) is 14.9. The summed E-state index contributed by atoms with van der Waals surface area (Å²) in [5.74, 6) is -0.235. The minimum absolute atomic E-state index is 0.0134. The van der Waals surface area contributed by atoms with E-state index >= 15 is 0 Å². The van der Waals surface area contributed by atoms with E-state index in [0.29, 0.717) is 18.2 Å². The van der Waals surface area contributed by atoms with E-state index in [2.05, 4.69) is 0 Å². The molecule has 0 aliphatic heterocycles. The zero-order valence-electron chi connectivity index (χ0n) is 11.8. The van der Waals surface area contributed by atoms with E-state index in [9.17, 15) is 9.59 Å². The Morgan fingerprint density at radius 2 is 1.95 bits per heavy atom. The summed E-state index contributed by atoms with van der Waals surface area (Å²) in [4.78, 5) is 25.4. The van der Waals surface area contributed by atoms with Crippen molar-refractivity contribution in [2.45, 2.75) is 37.6 Å². The number of thioether (sulfide) groups is 1. The average molecular weight is 292 g/mol. The average Bonchev–Trinajstić information content (AvgIpc) is 3.28. The number of hydrogen-bond donors (Lipinski definition) is 1. The molecule has 0 saturated heterocycles. The zero-order chi connectivity index (χ0) is 14.7. The van der Waals surface area contributed by atoms with E-state index in [4.69, 9.17) is 5.73 Å². The predicted molar refractivity (Wildman–Crippen MR) is 81.5 cm³/mol. The summed E-state index contributed by atoms with van der Waals surface area (Å²) in [6.45, 7) is 2.55. The van der Waals surface area contributed by atoms with Crippen molar-refractivity contribution in [1.82, 2.24) is 4.90 Å². The molecule has 0 unspecified atom stereocenters. The van der Waals surface area contributed by atoms with Crippen molar-refractivity contribution in [2.24, 2.45) is 5.73 Å². The number of carbonyl (C=O) groups is 2. The van der Waals surface area contributed by atoms with Crippen molar-refractivity contribution >= 4 is 23.6 Å². The van der Waals surface area contributed by atoms with Gasteiger partial charge in [0.15, 0.2) is 0 Å². The lowest BCUT2D eigenvalue weighted by molar-refractivity contribution is -0.131. The van der Waals surface area contributed by atoms with Crippen molar-refractivity contribution in [3.05, 3.63) is 35.4 Å². The second kappa shape index (κ2) is 6.31. The van der Waals surface area contributed by atoms with Crippen LogP contribution in [0.25, 0.3) is 0 Å². The summed E-state index contributed by atoms with van der Waals surface area (Å²) in [5.41, 5.74) is 6.75. The van der Waals surface area contributed by atoms with E-state index in [1.54, 1.807) is 23.9 Å². The molecule has 2 N–H and O–H groups in total. The van der Waals surface area contributed by atoms with Gasteiger partial charge in [0.05, 0.1) is 5.25 Å². The van der Waals surface area contributed by atoms with Gasteiger partial charge in [-0.15, -0.1) is 0 Å². The summed E-state index contributed by atoms with van der Waals surface area (Å²) in [6, 6.07) is 7.54. The molecule has 1 saturated carbocycles. The number of amides is 2. The van der Waals surface area contributed by atoms with E-state index in [-0.39, 0.29) is 11.2 Å². The zero-order valence-corrected chi connectivity index (χ0v) is 12.7. The molecule has 4 nitrogen and oxygen atoms in total. The Kier molecular flexibility index (Phi) is 4.70. The monoisotopic (exact) mass is 292 g/mol. The van der Waals surface area contributed by atoms with Gasteiger partial charge in [0, 0.05) is 18.2 Å². The Hall–Kier alpha value is -1.49. The Balaban J connectivity index is 2.08. The van der Waals surface area contributed by atoms with Gasteiger partial charge in [-0.05, 0) is 43.7 Å². The first-order chi connectivity index (χ1) is 9.52. The van der Waals surface area contributed by atoms with Crippen LogP contribution in [0, 0.1) is 0 Å². The summed E-state index contributed by atoms with van der Waals surface area (Å²) in [5, 5.41) is -0.0134. The van der Waals surface area contributed by atoms with Crippen LogP contribution in [0.5, 0.6) is 0 Å². The van der Waals surface area contributed by atoms with Gasteiger partial charge in [-0.3, -0.25) is 9.59 Å². The van der Waals surface area contributed by atoms with Crippen molar-refractivity contribution < 1.29 is 9.59 Å². The molecule has 2 amide bonds. The highest BCUT2D eigenvalue weighted by Gasteiger charge is 2.34. The molecule has 0 aromatic heterocycles. The highest BCUT2D eigenvalue weighted by Crippen LogP contribution is 2.30. The highest BCUT2D eigenvalue weighted by atomic mass is 32.2. The Morgan fingerprint density at radius 3 is 2.40 bits per heavy atom. The topological polar surface area (TPSA) is 63.4 Å². The van der Waals surface area contributed by atoms with E-state index < -0.39 is 5.91 Å². The molecular weight excluding hydrogens is 272 g/mol. The smallest absolute Gasteiger partial charge is 0.248 e. The van der Waals surface area contributed by atoms with Crippen LogP contribution in [-0.2, 0) is 11.3 Å².